The van der Waals surface area contributed by atoms with Gasteiger partial charge >= 0.3 is 5.69 Å². The zero-order valence-corrected chi connectivity index (χ0v) is 20.8. The Kier molecular flexibility index (Phi) is 8.07. The molecule has 3 aromatic carbocycles. The molecule has 36 heavy (non-hydrogen) atoms. The Balaban J connectivity index is 0.00000304. The van der Waals surface area contributed by atoms with Crippen LogP contribution in [0, 0.1) is 10.1 Å². The summed E-state index contributed by atoms with van der Waals surface area (Å²) in [5, 5.41) is 11.0. The smallest absolute Gasteiger partial charge is 0.326 e. The lowest BCUT2D eigenvalue weighted by Gasteiger charge is -2.33. The molecule has 1 aliphatic heterocycles. The van der Waals surface area contributed by atoms with E-state index in [-0.39, 0.29) is 34.7 Å². The van der Waals surface area contributed by atoms with E-state index >= 15 is 0 Å². The van der Waals surface area contributed by atoms with E-state index in [0.29, 0.717) is 0 Å². The van der Waals surface area contributed by atoms with Crippen LogP contribution in [0.4, 0.5) is 17.1 Å². The Morgan fingerprint density at radius 3 is 2.25 bits per heavy atom. The van der Waals surface area contributed by atoms with E-state index in [4.69, 9.17) is 0 Å². The van der Waals surface area contributed by atoms with Gasteiger partial charge in [-0.15, -0.1) is 12.4 Å². The van der Waals surface area contributed by atoms with Crippen molar-refractivity contribution in [1.29, 1.82) is 0 Å². The number of benzene rings is 3. The van der Waals surface area contributed by atoms with Crippen molar-refractivity contribution in [2.75, 3.05) is 31.1 Å². The highest BCUT2D eigenvalue weighted by molar-refractivity contribution is 5.85. The predicted octanol–water partition coefficient (Wildman–Crippen LogP) is 5.52. The first kappa shape index (κ1) is 25.5. The molecular weight excluding hydrogens is 478 g/mol. The number of rotatable bonds is 8. The molecule has 0 spiro atoms. The van der Waals surface area contributed by atoms with Gasteiger partial charge in [0.2, 0.25) is 0 Å². The van der Waals surface area contributed by atoms with Crippen molar-refractivity contribution in [3.05, 3.63) is 99.5 Å². The number of imidazole rings is 1. The van der Waals surface area contributed by atoms with Crippen LogP contribution in [0.15, 0.2) is 83.7 Å². The number of H-pyrrole nitrogens is 1. The second-order valence-corrected chi connectivity index (χ2v) is 9.00. The second kappa shape index (κ2) is 11.4. The van der Waals surface area contributed by atoms with Crippen LogP contribution in [-0.2, 0) is 0 Å². The van der Waals surface area contributed by atoms with Crippen LogP contribution >= 0.6 is 12.4 Å². The lowest BCUT2D eigenvalue weighted by atomic mass is 10.0. The summed E-state index contributed by atoms with van der Waals surface area (Å²) >= 11 is 0. The van der Waals surface area contributed by atoms with E-state index in [1.807, 2.05) is 59.2 Å². The van der Waals surface area contributed by atoms with Crippen LogP contribution in [-0.4, -0.2) is 45.6 Å². The lowest BCUT2D eigenvalue weighted by molar-refractivity contribution is -0.384. The fourth-order valence-electron chi connectivity index (χ4n) is 5.06. The Morgan fingerprint density at radius 2 is 1.56 bits per heavy atom. The van der Waals surface area contributed by atoms with Crippen LogP contribution in [0.25, 0.3) is 11.0 Å². The molecule has 0 unspecified atom stereocenters. The first-order valence-electron chi connectivity index (χ1n) is 12.1. The minimum atomic E-state index is -0.370. The molecule has 4 aromatic rings. The molecule has 0 bridgehead atoms. The molecule has 0 aliphatic carbocycles. The predicted molar refractivity (Wildman–Crippen MR) is 146 cm³/mol. The summed E-state index contributed by atoms with van der Waals surface area (Å²) in [6.45, 7) is 3.69. The number of piperidine rings is 1. The number of nitrogens with zero attached hydrogens (tertiary/aromatic N) is 4. The van der Waals surface area contributed by atoms with Gasteiger partial charge in [0, 0.05) is 49.2 Å². The monoisotopic (exact) mass is 507 g/mol. The van der Waals surface area contributed by atoms with E-state index in [1.165, 1.54) is 0 Å². The highest BCUT2D eigenvalue weighted by Crippen LogP contribution is 2.28. The fraction of sp³-hybridized carbons (Fsp3) is 0.296. The van der Waals surface area contributed by atoms with E-state index in [9.17, 15) is 14.9 Å². The summed E-state index contributed by atoms with van der Waals surface area (Å²) in [5.41, 5.74) is 3.97. The topological polar surface area (TPSA) is 87.4 Å². The van der Waals surface area contributed by atoms with Gasteiger partial charge in [0.25, 0.3) is 5.69 Å². The summed E-state index contributed by atoms with van der Waals surface area (Å²) in [4.78, 5) is 30.9. The maximum absolute atomic E-state index is 12.5. The zero-order chi connectivity index (χ0) is 24.2. The SMILES string of the molecule is Cl.O=c1[nH]c2ccccc2n1C1CCN(CCCN(c2ccccc2)c2ccc([N+](=O)[O-])cc2)CC1. The van der Waals surface area contributed by atoms with Gasteiger partial charge in [-0.25, -0.2) is 4.79 Å². The number of nitrogens with one attached hydrogen (secondary N) is 1. The van der Waals surface area contributed by atoms with Gasteiger partial charge in [-0.05, 0) is 62.2 Å². The van der Waals surface area contributed by atoms with E-state index in [1.54, 1.807) is 12.1 Å². The van der Waals surface area contributed by atoms with Gasteiger partial charge in [-0.1, -0.05) is 30.3 Å². The molecule has 0 radical (unpaired) electrons. The van der Waals surface area contributed by atoms with Crippen molar-refractivity contribution in [2.24, 2.45) is 0 Å². The molecule has 1 N–H and O–H groups in total. The first-order valence-corrected chi connectivity index (χ1v) is 12.1. The number of para-hydroxylation sites is 3. The summed E-state index contributed by atoms with van der Waals surface area (Å²) in [6, 6.07) is 25.0. The average Bonchev–Trinajstić information content (AvgIpc) is 3.23. The number of aromatic amines is 1. The molecule has 0 atom stereocenters. The minimum Gasteiger partial charge on any atom is -0.341 e. The lowest BCUT2D eigenvalue weighted by Crippen LogP contribution is -2.38. The summed E-state index contributed by atoms with van der Waals surface area (Å²) < 4.78 is 1.93. The number of non-ortho nitro benzene ring substituents is 1. The molecule has 1 saturated heterocycles. The molecule has 2 heterocycles. The number of aromatic nitrogens is 2. The third kappa shape index (κ3) is 5.45. The quantitative estimate of drug-likeness (QED) is 0.250. The molecule has 1 fully saturated rings. The summed E-state index contributed by atoms with van der Waals surface area (Å²) in [5.74, 6) is 0. The molecule has 1 aliphatic rings. The number of anilines is 2. The van der Waals surface area contributed by atoms with Crippen LogP contribution in [0.1, 0.15) is 25.3 Å². The van der Waals surface area contributed by atoms with Gasteiger partial charge in [-0.3, -0.25) is 14.7 Å². The van der Waals surface area contributed by atoms with Crippen molar-refractivity contribution in [3.8, 4) is 0 Å². The molecule has 8 nitrogen and oxygen atoms in total. The zero-order valence-electron chi connectivity index (χ0n) is 20.0. The minimum absolute atomic E-state index is 0. The Morgan fingerprint density at radius 1 is 0.917 bits per heavy atom. The van der Waals surface area contributed by atoms with Crippen molar-refractivity contribution in [3.63, 3.8) is 0 Å². The summed E-state index contributed by atoms with van der Waals surface area (Å²) in [6.07, 6.45) is 2.86. The molecule has 5 rings (SSSR count). The van der Waals surface area contributed by atoms with E-state index < -0.39 is 0 Å². The van der Waals surface area contributed by atoms with Crippen molar-refractivity contribution < 1.29 is 4.92 Å². The highest BCUT2D eigenvalue weighted by Gasteiger charge is 2.23. The van der Waals surface area contributed by atoms with Gasteiger partial charge in [0.15, 0.2) is 0 Å². The largest absolute Gasteiger partial charge is 0.341 e. The number of hydrogen-bond acceptors (Lipinski definition) is 5. The van der Waals surface area contributed by atoms with E-state index in [0.717, 1.165) is 67.8 Å². The van der Waals surface area contributed by atoms with E-state index in [2.05, 4.69) is 26.9 Å². The number of hydrogen-bond donors (Lipinski definition) is 1. The third-order valence-electron chi connectivity index (χ3n) is 6.84. The van der Waals surface area contributed by atoms with Crippen molar-refractivity contribution >= 4 is 40.5 Å². The van der Waals surface area contributed by atoms with Crippen molar-refractivity contribution in [2.45, 2.75) is 25.3 Å². The van der Waals surface area contributed by atoms with Crippen LogP contribution in [0.2, 0.25) is 0 Å². The maximum atomic E-state index is 12.5. The maximum Gasteiger partial charge on any atom is 0.326 e. The van der Waals surface area contributed by atoms with Gasteiger partial charge < -0.3 is 14.8 Å². The number of fused-ring (bicyclic) bond motifs is 1. The third-order valence-corrected chi connectivity index (χ3v) is 6.84. The van der Waals surface area contributed by atoms with Gasteiger partial charge in [0.05, 0.1) is 16.0 Å². The number of halogens is 1. The van der Waals surface area contributed by atoms with Crippen LogP contribution in [0.5, 0.6) is 0 Å². The second-order valence-electron chi connectivity index (χ2n) is 9.00. The normalized spacial score (nSPS) is 14.4. The number of nitro benzene ring substituents is 1. The number of nitro groups is 1. The average molecular weight is 508 g/mol. The number of likely N-dealkylation sites (tertiary alicyclic amines) is 1. The molecule has 9 heteroatoms. The van der Waals surface area contributed by atoms with Gasteiger partial charge in [0.1, 0.15) is 0 Å². The highest BCUT2D eigenvalue weighted by atomic mass is 35.5. The Bertz CT molecular complexity index is 1350. The van der Waals surface area contributed by atoms with Crippen molar-refractivity contribution in [1.82, 2.24) is 14.5 Å². The standard InChI is InChI=1S/C27H29N5O3.ClH/c33-27-28-25-9-4-5-10-26(25)31(27)23-15-19-29(20-16-23)17-6-18-30(21-7-2-1-3-8-21)22-11-13-24(14-12-22)32(34)35;/h1-5,7-14,23H,6,15-20H2,(H,28,33);1H. The molecule has 1 aromatic heterocycles. The van der Waals surface area contributed by atoms with Crippen LogP contribution in [0.3, 0.4) is 0 Å². The van der Waals surface area contributed by atoms with Crippen LogP contribution < -0.4 is 10.6 Å². The Labute approximate surface area is 215 Å². The molecular formula is C27H30ClN5O3. The van der Waals surface area contributed by atoms with Gasteiger partial charge in [-0.2, -0.15) is 0 Å². The molecule has 0 saturated carbocycles. The summed E-state index contributed by atoms with van der Waals surface area (Å²) in [7, 11) is 0. The first-order chi connectivity index (χ1) is 17.1. The fourth-order valence-corrected chi connectivity index (χ4v) is 5.06. The molecule has 0 amide bonds. The Hall–Kier alpha value is -3.62. The molecule has 188 valence electrons.